The Labute approximate surface area is 239 Å². The summed E-state index contributed by atoms with van der Waals surface area (Å²) in [5, 5.41) is 0. The van der Waals surface area contributed by atoms with Gasteiger partial charge in [0.1, 0.15) is 12.1 Å². The Morgan fingerprint density at radius 3 is 2.00 bits per heavy atom. The lowest BCUT2D eigenvalue weighted by atomic mass is 10.0. The maximum Gasteiger partial charge on any atom is 0.261 e. The van der Waals surface area contributed by atoms with Crippen molar-refractivity contribution in [2.75, 3.05) is 29.4 Å². The third kappa shape index (κ3) is 5.17. The minimum absolute atomic E-state index is 0.227. The van der Waals surface area contributed by atoms with Crippen LogP contribution in [0.4, 0.5) is 22.9 Å². The summed E-state index contributed by atoms with van der Waals surface area (Å²) >= 11 is 0. The summed E-state index contributed by atoms with van der Waals surface area (Å²) in [4.78, 5) is 39.9. The van der Waals surface area contributed by atoms with Crippen LogP contribution in [0, 0.1) is 0 Å². The van der Waals surface area contributed by atoms with Gasteiger partial charge in [0.25, 0.3) is 11.8 Å². The van der Waals surface area contributed by atoms with E-state index in [9.17, 15) is 9.59 Å². The molecule has 202 valence electrons. The molecule has 0 bridgehead atoms. The summed E-state index contributed by atoms with van der Waals surface area (Å²) in [5.74, 6) is 0.307. The number of hydrogen-bond acceptors (Lipinski definition) is 6. The fourth-order valence-corrected chi connectivity index (χ4v) is 5.23. The highest BCUT2D eigenvalue weighted by Gasteiger charge is 2.34. The molecule has 1 aliphatic rings. The van der Waals surface area contributed by atoms with Crippen LogP contribution in [0.2, 0.25) is 0 Å². The second kappa shape index (κ2) is 11.4. The first-order valence-corrected chi connectivity index (χ1v) is 13.7. The Morgan fingerprint density at radius 1 is 0.683 bits per heavy atom. The van der Waals surface area contributed by atoms with E-state index in [1.54, 1.807) is 36.8 Å². The SMILES string of the molecule is CCN(CCN1C(=O)c2ccccc2C1=O)c1ccc(N(c2cccc(-c3ccccc3)c2)c2ccncn2)cc1. The molecule has 5 aromatic rings. The highest BCUT2D eigenvalue weighted by Crippen LogP contribution is 2.36. The van der Waals surface area contributed by atoms with Crippen LogP contribution in [-0.2, 0) is 0 Å². The smallest absolute Gasteiger partial charge is 0.261 e. The van der Waals surface area contributed by atoms with Gasteiger partial charge in [-0.05, 0) is 72.6 Å². The Hall–Kier alpha value is -5.30. The summed E-state index contributed by atoms with van der Waals surface area (Å²) in [6.07, 6.45) is 3.29. The number of benzene rings is 4. The molecule has 4 aromatic carbocycles. The fraction of sp³-hybridized carbons (Fsp3) is 0.118. The van der Waals surface area contributed by atoms with E-state index in [-0.39, 0.29) is 11.8 Å². The molecule has 0 radical (unpaired) electrons. The van der Waals surface area contributed by atoms with Gasteiger partial charge in [-0.25, -0.2) is 9.97 Å². The van der Waals surface area contributed by atoms with Crippen LogP contribution >= 0.6 is 0 Å². The fourth-order valence-electron chi connectivity index (χ4n) is 5.23. The molecule has 0 aliphatic carbocycles. The zero-order valence-corrected chi connectivity index (χ0v) is 22.7. The highest BCUT2D eigenvalue weighted by molar-refractivity contribution is 6.21. The van der Waals surface area contributed by atoms with Crippen LogP contribution in [0.15, 0.2) is 122 Å². The van der Waals surface area contributed by atoms with Crippen LogP contribution in [-0.4, -0.2) is 46.3 Å². The molecular weight excluding hydrogens is 510 g/mol. The average molecular weight is 540 g/mol. The predicted octanol–water partition coefficient (Wildman–Crippen LogP) is 6.74. The zero-order chi connectivity index (χ0) is 28.2. The Balaban J connectivity index is 1.25. The highest BCUT2D eigenvalue weighted by atomic mass is 16.2. The number of carbonyl (C=O) groups excluding carboxylic acids is 2. The molecule has 0 saturated heterocycles. The number of imide groups is 1. The first-order valence-electron chi connectivity index (χ1n) is 13.7. The molecule has 1 aliphatic heterocycles. The molecule has 0 unspecified atom stereocenters. The maximum atomic E-state index is 12.8. The topological polar surface area (TPSA) is 69.6 Å². The van der Waals surface area contributed by atoms with Crippen molar-refractivity contribution in [3.63, 3.8) is 0 Å². The number of likely N-dealkylation sites (N-methyl/N-ethyl adjacent to an activating group) is 1. The van der Waals surface area contributed by atoms with Gasteiger partial charge < -0.3 is 4.90 Å². The van der Waals surface area contributed by atoms with Crippen molar-refractivity contribution in [2.45, 2.75) is 6.92 Å². The largest absolute Gasteiger partial charge is 0.370 e. The monoisotopic (exact) mass is 539 g/mol. The van der Waals surface area contributed by atoms with Crippen molar-refractivity contribution in [3.8, 4) is 11.1 Å². The molecule has 0 saturated carbocycles. The van der Waals surface area contributed by atoms with Gasteiger partial charge in [-0.2, -0.15) is 0 Å². The van der Waals surface area contributed by atoms with Gasteiger partial charge in [0, 0.05) is 42.9 Å². The summed E-state index contributed by atoms with van der Waals surface area (Å²) in [6, 6.07) is 35.8. The third-order valence-corrected chi connectivity index (χ3v) is 7.33. The van der Waals surface area contributed by atoms with E-state index >= 15 is 0 Å². The van der Waals surface area contributed by atoms with Gasteiger partial charge in [0.15, 0.2) is 0 Å². The lowest BCUT2D eigenvalue weighted by molar-refractivity contribution is 0.0658. The van der Waals surface area contributed by atoms with Gasteiger partial charge in [-0.15, -0.1) is 0 Å². The predicted molar refractivity (Wildman–Crippen MR) is 162 cm³/mol. The van der Waals surface area contributed by atoms with Crippen molar-refractivity contribution >= 4 is 34.7 Å². The number of nitrogens with zero attached hydrogens (tertiary/aromatic N) is 5. The van der Waals surface area contributed by atoms with Crippen molar-refractivity contribution in [3.05, 3.63) is 133 Å². The normalized spacial score (nSPS) is 12.4. The zero-order valence-electron chi connectivity index (χ0n) is 22.7. The Bertz CT molecular complexity index is 1640. The van der Waals surface area contributed by atoms with Gasteiger partial charge in [0.05, 0.1) is 11.1 Å². The summed E-state index contributed by atoms with van der Waals surface area (Å²) in [5.41, 5.74) is 6.16. The molecule has 0 spiro atoms. The average Bonchev–Trinajstić information content (AvgIpc) is 3.28. The van der Waals surface area contributed by atoms with E-state index in [1.807, 2.05) is 24.3 Å². The van der Waals surface area contributed by atoms with Crippen molar-refractivity contribution in [2.24, 2.45) is 0 Å². The maximum absolute atomic E-state index is 12.8. The van der Waals surface area contributed by atoms with Crippen molar-refractivity contribution in [1.29, 1.82) is 0 Å². The van der Waals surface area contributed by atoms with Gasteiger partial charge in [0.2, 0.25) is 0 Å². The number of aromatic nitrogens is 2. The Kier molecular flexibility index (Phi) is 7.24. The molecule has 6 rings (SSSR count). The first kappa shape index (κ1) is 26.0. The summed E-state index contributed by atoms with van der Waals surface area (Å²) in [7, 11) is 0. The van der Waals surface area contributed by atoms with Crippen molar-refractivity contribution in [1.82, 2.24) is 14.9 Å². The van der Waals surface area contributed by atoms with E-state index in [1.165, 1.54) is 4.90 Å². The number of hydrogen-bond donors (Lipinski definition) is 0. The Morgan fingerprint density at radius 2 is 1.34 bits per heavy atom. The van der Waals surface area contributed by atoms with E-state index < -0.39 is 0 Å². The number of amides is 2. The minimum atomic E-state index is -0.227. The van der Waals surface area contributed by atoms with E-state index in [0.717, 1.165) is 40.6 Å². The van der Waals surface area contributed by atoms with Gasteiger partial charge in [-0.3, -0.25) is 19.4 Å². The summed E-state index contributed by atoms with van der Waals surface area (Å²) in [6.45, 7) is 3.66. The standard InChI is InChI=1S/C34H29N5O2/c1-2-37(21-22-38-33(40)30-13-6-7-14-31(30)34(38)41)27-15-17-28(18-16-27)39(32-19-20-35-24-36-32)29-12-8-11-26(23-29)25-9-4-3-5-10-25/h3-20,23-24H,2,21-22H2,1H3. The van der Waals surface area contributed by atoms with Gasteiger partial charge >= 0.3 is 0 Å². The van der Waals surface area contributed by atoms with Crippen LogP contribution in [0.5, 0.6) is 0 Å². The molecule has 0 N–H and O–H groups in total. The van der Waals surface area contributed by atoms with Crippen molar-refractivity contribution < 1.29 is 9.59 Å². The molecule has 41 heavy (non-hydrogen) atoms. The summed E-state index contributed by atoms with van der Waals surface area (Å²) < 4.78 is 0. The van der Waals surface area contributed by atoms with Crippen LogP contribution < -0.4 is 9.80 Å². The van der Waals surface area contributed by atoms with E-state index in [0.29, 0.717) is 24.2 Å². The lowest BCUT2D eigenvalue weighted by Crippen LogP contribution is -2.38. The van der Waals surface area contributed by atoms with Gasteiger partial charge in [-0.1, -0.05) is 54.6 Å². The quantitative estimate of drug-likeness (QED) is 0.193. The lowest BCUT2D eigenvalue weighted by Gasteiger charge is -2.28. The molecular formula is C34H29N5O2. The molecule has 1 aromatic heterocycles. The van der Waals surface area contributed by atoms with Crippen LogP contribution in [0.25, 0.3) is 11.1 Å². The number of carbonyl (C=O) groups is 2. The molecule has 0 fully saturated rings. The third-order valence-electron chi connectivity index (χ3n) is 7.33. The van der Waals surface area contributed by atoms with E-state index in [4.69, 9.17) is 0 Å². The second-order valence-electron chi connectivity index (χ2n) is 9.72. The van der Waals surface area contributed by atoms with E-state index in [2.05, 4.69) is 87.4 Å². The minimum Gasteiger partial charge on any atom is -0.370 e. The number of fused-ring (bicyclic) bond motifs is 1. The van der Waals surface area contributed by atoms with Crippen LogP contribution in [0.1, 0.15) is 27.6 Å². The second-order valence-corrected chi connectivity index (χ2v) is 9.72. The number of anilines is 4. The number of rotatable bonds is 9. The molecule has 7 nitrogen and oxygen atoms in total. The molecule has 2 amide bonds. The first-order chi connectivity index (χ1) is 20.1. The van der Waals surface area contributed by atoms with Crippen LogP contribution in [0.3, 0.4) is 0 Å². The molecule has 2 heterocycles. The molecule has 7 heteroatoms. The molecule has 0 atom stereocenters.